The molecule has 0 amide bonds. The Morgan fingerprint density at radius 1 is 1.18 bits per heavy atom. The lowest BCUT2D eigenvalue weighted by atomic mass is 10.1. The molecule has 2 heterocycles. The first-order valence-electron chi connectivity index (χ1n) is 5.68. The molecule has 0 radical (unpaired) electrons. The van der Waals surface area contributed by atoms with Crippen molar-refractivity contribution < 1.29 is 9.47 Å². The molecule has 88 valence electrons. The van der Waals surface area contributed by atoms with E-state index in [1.807, 2.05) is 19.1 Å². The molecule has 4 heteroatoms. The van der Waals surface area contributed by atoms with E-state index < -0.39 is 0 Å². The summed E-state index contributed by atoms with van der Waals surface area (Å²) in [6.45, 7) is 3.67. The smallest absolute Gasteiger partial charge is 0.163 e. The summed E-state index contributed by atoms with van der Waals surface area (Å²) in [6, 6.07) is 5.96. The topological polar surface area (TPSA) is 57.4 Å². The van der Waals surface area contributed by atoms with Gasteiger partial charge in [0.25, 0.3) is 0 Å². The maximum atomic E-state index is 5.68. The molecular weight excluding hydrogens is 216 g/mol. The Kier molecular flexibility index (Phi) is 2.37. The maximum Gasteiger partial charge on any atom is 0.163 e. The van der Waals surface area contributed by atoms with Crippen LogP contribution in [0.15, 0.2) is 18.2 Å². The van der Waals surface area contributed by atoms with Gasteiger partial charge < -0.3 is 15.2 Å². The number of hydrogen-bond donors (Lipinski definition) is 1. The summed E-state index contributed by atoms with van der Waals surface area (Å²) in [5.74, 6) is 1.56. The molecule has 1 aromatic heterocycles. The van der Waals surface area contributed by atoms with Crippen molar-refractivity contribution in [3.8, 4) is 11.5 Å². The van der Waals surface area contributed by atoms with Crippen molar-refractivity contribution in [3.63, 3.8) is 0 Å². The van der Waals surface area contributed by atoms with Gasteiger partial charge in [-0.1, -0.05) is 0 Å². The van der Waals surface area contributed by atoms with Crippen LogP contribution in [-0.4, -0.2) is 18.2 Å². The third kappa shape index (κ3) is 1.70. The number of nitrogens with zero attached hydrogens (tertiary/aromatic N) is 1. The van der Waals surface area contributed by atoms with E-state index in [9.17, 15) is 0 Å². The number of hydrogen-bond acceptors (Lipinski definition) is 4. The van der Waals surface area contributed by atoms with Gasteiger partial charge in [-0.15, -0.1) is 0 Å². The van der Waals surface area contributed by atoms with E-state index in [1.54, 1.807) is 0 Å². The zero-order valence-corrected chi connectivity index (χ0v) is 9.69. The van der Waals surface area contributed by atoms with Gasteiger partial charge in [0.15, 0.2) is 11.5 Å². The highest BCUT2D eigenvalue weighted by Crippen LogP contribution is 2.34. The molecule has 0 spiro atoms. The van der Waals surface area contributed by atoms with Crippen molar-refractivity contribution in [1.29, 1.82) is 0 Å². The van der Waals surface area contributed by atoms with Crippen LogP contribution >= 0.6 is 0 Å². The lowest BCUT2D eigenvalue weighted by molar-refractivity contribution is 0.172. The molecule has 0 saturated heterocycles. The molecule has 1 aliphatic heterocycles. The second-order valence-corrected chi connectivity index (χ2v) is 4.13. The normalized spacial score (nSPS) is 14.0. The number of nitrogens with two attached hydrogens (primary N) is 1. The van der Waals surface area contributed by atoms with Crippen LogP contribution in [0, 0.1) is 6.92 Å². The highest BCUT2D eigenvalue weighted by Gasteiger charge is 2.13. The maximum absolute atomic E-state index is 5.68. The lowest BCUT2D eigenvalue weighted by Gasteiger charge is -2.19. The van der Waals surface area contributed by atoms with Crippen molar-refractivity contribution in [2.45, 2.75) is 13.5 Å². The Balaban J connectivity index is 2.23. The molecule has 2 N–H and O–H groups in total. The molecule has 1 aliphatic rings. The van der Waals surface area contributed by atoms with Gasteiger partial charge in [0.2, 0.25) is 0 Å². The third-order valence-electron chi connectivity index (χ3n) is 2.99. The summed E-state index contributed by atoms with van der Waals surface area (Å²) >= 11 is 0. The van der Waals surface area contributed by atoms with Crippen LogP contribution in [0.25, 0.3) is 10.9 Å². The van der Waals surface area contributed by atoms with Gasteiger partial charge in [-0.2, -0.15) is 0 Å². The minimum absolute atomic E-state index is 0.503. The van der Waals surface area contributed by atoms with Gasteiger partial charge in [0.05, 0.1) is 5.52 Å². The van der Waals surface area contributed by atoms with Crippen LogP contribution in [-0.2, 0) is 6.54 Å². The Morgan fingerprint density at radius 3 is 2.59 bits per heavy atom. The molecule has 0 atom stereocenters. The standard InChI is InChI=1S/C13H14N2O2/c1-8-10(7-14)4-9-5-12-13(6-11(9)15-8)17-3-2-16-12/h4-6H,2-3,7,14H2,1H3. The van der Waals surface area contributed by atoms with E-state index >= 15 is 0 Å². The number of fused-ring (bicyclic) bond motifs is 2. The fourth-order valence-corrected chi connectivity index (χ4v) is 2.06. The largest absolute Gasteiger partial charge is 0.486 e. The predicted octanol–water partition coefficient (Wildman–Crippen LogP) is 1.77. The molecule has 0 bridgehead atoms. The van der Waals surface area contributed by atoms with E-state index in [0.717, 1.165) is 33.7 Å². The van der Waals surface area contributed by atoms with E-state index in [1.165, 1.54) is 0 Å². The molecule has 0 unspecified atom stereocenters. The Morgan fingerprint density at radius 2 is 1.88 bits per heavy atom. The number of benzene rings is 1. The number of pyridine rings is 1. The summed E-state index contributed by atoms with van der Waals surface area (Å²) in [7, 11) is 0. The van der Waals surface area contributed by atoms with Crippen LogP contribution in [0.2, 0.25) is 0 Å². The molecule has 0 aliphatic carbocycles. The van der Waals surface area contributed by atoms with Crippen molar-refractivity contribution in [3.05, 3.63) is 29.5 Å². The van der Waals surface area contributed by atoms with Crippen molar-refractivity contribution in [2.24, 2.45) is 5.73 Å². The molecule has 4 nitrogen and oxygen atoms in total. The Labute approximate surface area is 99.4 Å². The molecular formula is C13H14N2O2. The Bertz CT molecular complexity index is 581. The highest BCUT2D eigenvalue weighted by atomic mass is 16.6. The number of aryl methyl sites for hydroxylation is 1. The van der Waals surface area contributed by atoms with Gasteiger partial charge in [-0.3, -0.25) is 4.98 Å². The average Bonchev–Trinajstić information content (AvgIpc) is 2.35. The SMILES string of the molecule is Cc1nc2cc3c(cc2cc1CN)OCCO3. The quantitative estimate of drug-likeness (QED) is 0.811. The predicted molar refractivity (Wildman–Crippen MR) is 65.4 cm³/mol. The van der Waals surface area contributed by atoms with E-state index in [0.29, 0.717) is 19.8 Å². The van der Waals surface area contributed by atoms with E-state index in [2.05, 4.69) is 11.1 Å². The van der Waals surface area contributed by atoms with Crippen LogP contribution in [0.5, 0.6) is 11.5 Å². The third-order valence-corrected chi connectivity index (χ3v) is 2.99. The first-order chi connectivity index (χ1) is 8.28. The number of aromatic nitrogens is 1. The molecule has 3 rings (SSSR count). The Hall–Kier alpha value is -1.81. The van der Waals surface area contributed by atoms with Crippen molar-refractivity contribution >= 4 is 10.9 Å². The number of rotatable bonds is 1. The molecule has 0 fully saturated rings. The minimum Gasteiger partial charge on any atom is -0.486 e. The van der Waals surface area contributed by atoms with Crippen LogP contribution in [0.1, 0.15) is 11.3 Å². The second-order valence-electron chi connectivity index (χ2n) is 4.13. The fraction of sp³-hybridized carbons (Fsp3) is 0.308. The molecule has 2 aromatic rings. The van der Waals surface area contributed by atoms with Gasteiger partial charge in [-0.25, -0.2) is 0 Å². The summed E-state index contributed by atoms with van der Waals surface area (Å²) < 4.78 is 11.1. The minimum atomic E-state index is 0.503. The lowest BCUT2D eigenvalue weighted by Crippen LogP contribution is -2.15. The van der Waals surface area contributed by atoms with Gasteiger partial charge in [-0.05, 0) is 24.6 Å². The zero-order chi connectivity index (χ0) is 11.8. The summed E-state index contributed by atoms with van der Waals surface area (Å²) in [5.41, 5.74) is 8.64. The summed E-state index contributed by atoms with van der Waals surface area (Å²) in [5, 5.41) is 1.04. The monoisotopic (exact) mass is 230 g/mol. The van der Waals surface area contributed by atoms with Crippen molar-refractivity contribution in [1.82, 2.24) is 4.98 Å². The average molecular weight is 230 g/mol. The highest BCUT2D eigenvalue weighted by molar-refractivity contribution is 5.83. The van der Waals surface area contributed by atoms with Crippen LogP contribution in [0.4, 0.5) is 0 Å². The number of ether oxygens (including phenoxy) is 2. The van der Waals surface area contributed by atoms with Crippen molar-refractivity contribution in [2.75, 3.05) is 13.2 Å². The van der Waals surface area contributed by atoms with Gasteiger partial charge >= 0.3 is 0 Å². The van der Waals surface area contributed by atoms with Gasteiger partial charge in [0, 0.05) is 23.7 Å². The summed E-state index contributed by atoms with van der Waals surface area (Å²) in [6.07, 6.45) is 0. The van der Waals surface area contributed by atoms with Crippen LogP contribution < -0.4 is 15.2 Å². The van der Waals surface area contributed by atoms with Crippen LogP contribution in [0.3, 0.4) is 0 Å². The molecule has 0 saturated carbocycles. The molecule has 1 aromatic carbocycles. The molecule has 17 heavy (non-hydrogen) atoms. The second kappa shape index (κ2) is 3.89. The summed E-state index contributed by atoms with van der Waals surface area (Å²) in [4.78, 5) is 4.54. The fourth-order valence-electron chi connectivity index (χ4n) is 2.06. The first-order valence-corrected chi connectivity index (χ1v) is 5.68. The first kappa shape index (κ1) is 10.4. The van der Waals surface area contributed by atoms with E-state index in [-0.39, 0.29) is 0 Å². The zero-order valence-electron chi connectivity index (χ0n) is 9.69. The van der Waals surface area contributed by atoms with Gasteiger partial charge in [0.1, 0.15) is 13.2 Å². The van der Waals surface area contributed by atoms with E-state index in [4.69, 9.17) is 15.2 Å².